The van der Waals surface area contributed by atoms with Crippen LogP contribution in [0.5, 0.6) is 0 Å². The first-order valence-electron chi connectivity index (χ1n) is 5.73. The molecular formula is C12H24N2O2. The topological polar surface area (TPSA) is 40.6 Å². The molecule has 0 saturated heterocycles. The molecule has 0 aromatic heterocycles. The fourth-order valence-electron chi connectivity index (χ4n) is 1.31. The highest BCUT2D eigenvalue weighted by Gasteiger charge is 2.27. The predicted octanol–water partition coefficient (Wildman–Crippen LogP) is 1.36. The Kier molecular flexibility index (Phi) is 5.48. The second-order valence-electron chi connectivity index (χ2n) is 4.82. The van der Waals surface area contributed by atoms with E-state index in [1.807, 2.05) is 27.7 Å². The molecule has 4 heteroatoms. The smallest absolute Gasteiger partial charge is 0.245 e. The number of likely N-dealkylation sites (N-methyl/N-ethyl adjacent to an activating group) is 2. The van der Waals surface area contributed by atoms with Crippen molar-refractivity contribution in [1.82, 2.24) is 9.80 Å². The quantitative estimate of drug-likeness (QED) is 0.729. The molecule has 0 aliphatic heterocycles. The van der Waals surface area contributed by atoms with E-state index < -0.39 is 6.04 Å². The second kappa shape index (κ2) is 5.87. The van der Waals surface area contributed by atoms with Gasteiger partial charge in [0.15, 0.2) is 0 Å². The first-order chi connectivity index (χ1) is 7.20. The van der Waals surface area contributed by atoms with Crippen molar-refractivity contribution < 1.29 is 9.59 Å². The van der Waals surface area contributed by atoms with E-state index >= 15 is 0 Å². The molecule has 0 radical (unpaired) electrons. The highest BCUT2D eigenvalue weighted by Crippen LogP contribution is 2.08. The standard InChI is InChI=1S/C12H24N2O2/c1-8(2)11(15)14(7)10(5)12(16)13(6)9(3)4/h8-10H,1-7H3. The summed E-state index contributed by atoms with van der Waals surface area (Å²) >= 11 is 0. The highest BCUT2D eigenvalue weighted by molar-refractivity contribution is 5.87. The van der Waals surface area contributed by atoms with Crippen molar-refractivity contribution in [1.29, 1.82) is 0 Å². The molecule has 2 amide bonds. The number of rotatable bonds is 4. The molecule has 4 nitrogen and oxygen atoms in total. The van der Waals surface area contributed by atoms with Crippen LogP contribution in [0.25, 0.3) is 0 Å². The van der Waals surface area contributed by atoms with Crippen molar-refractivity contribution >= 4 is 11.8 Å². The van der Waals surface area contributed by atoms with Crippen LogP contribution in [-0.4, -0.2) is 47.8 Å². The SMILES string of the molecule is CC(C)C(=O)N(C)C(C)C(=O)N(C)C(C)C. The third-order valence-electron chi connectivity index (χ3n) is 2.90. The lowest BCUT2D eigenvalue weighted by Gasteiger charge is -2.31. The molecule has 16 heavy (non-hydrogen) atoms. The lowest BCUT2D eigenvalue weighted by atomic mass is 10.1. The summed E-state index contributed by atoms with van der Waals surface area (Å²) in [4.78, 5) is 26.9. The van der Waals surface area contributed by atoms with Crippen LogP contribution in [-0.2, 0) is 9.59 Å². The molecule has 0 saturated carbocycles. The maximum absolute atomic E-state index is 12.0. The average Bonchev–Trinajstić information content (AvgIpc) is 2.23. The van der Waals surface area contributed by atoms with Gasteiger partial charge >= 0.3 is 0 Å². The van der Waals surface area contributed by atoms with Crippen molar-refractivity contribution in [2.24, 2.45) is 5.92 Å². The van der Waals surface area contributed by atoms with E-state index in [2.05, 4.69) is 0 Å². The van der Waals surface area contributed by atoms with E-state index in [1.165, 1.54) is 4.90 Å². The third-order valence-corrected chi connectivity index (χ3v) is 2.90. The molecule has 0 aromatic carbocycles. The molecule has 0 aromatic rings. The molecule has 0 heterocycles. The van der Waals surface area contributed by atoms with Gasteiger partial charge in [-0.15, -0.1) is 0 Å². The molecule has 94 valence electrons. The van der Waals surface area contributed by atoms with Crippen LogP contribution in [0.2, 0.25) is 0 Å². The molecule has 0 N–H and O–H groups in total. The highest BCUT2D eigenvalue weighted by atomic mass is 16.2. The van der Waals surface area contributed by atoms with Crippen LogP contribution in [0.1, 0.15) is 34.6 Å². The Labute approximate surface area is 98.6 Å². The Hall–Kier alpha value is -1.06. The summed E-state index contributed by atoms with van der Waals surface area (Å²) in [5.41, 5.74) is 0. The van der Waals surface area contributed by atoms with Crippen LogP contribution in [0.15, 0.2) is 0 Å². The Morgan fingerprint density at radius 1 is 0.812 bits per heavy atom. The number of hydrogen-bond donors (Lipinski definition) is 0. The van der Waals surface area contributed by atoms with E-state index in [1.54, 1.807) is 25.9 Å². The van der Waals surface area contributed by atoms with Gasteiger partial charge in [-0.05, 0) is 20.8 Å². The number of hydrogen-bond acceptors (Lipinski definition) is 2. The van der Waals surface area contributed by atoms with Crippen LogP contribution >= 0.6 is 0 Å². The summed E-state index contributed by atoms with van der Waals surface area (Å²) in [7, 11) is 3.44. The second-order valence-corrected chi connectivity index (χ2v) is 4.82. The van der Waals surface area contributed by atoms with Gasteiger partial charge in [0.25, 0.3) is 0 Å². The Morgan fingerprint density at radius 3 is 1.56 bits per heavy atom. The van der Waals surface area contributed by atoms with E-state index in [4.69, 9.17) is 0 Å². The minimum Gasteiger partial charge on any atom is -0.342 e. The third kappa shape index (κ3) is 3.51. The van der Waals surface area contributed by atoms with Gasteiger partial charge in [-0.3, -0.25) is 9.59 Å². The zero-order valence-electron chi connectivity index (χ0n) is 11.4. The van der Waals surface area contributed by atoms with Crippen LogP contribution < -0.4 is 0 Å². The zero-order valence-corrected chi connectivity index (χ0v) is 11.4. The Balaban J connectivity index is 4.61. The average molecular weight is 228 g/mol. The number of carbonyl (C=O) groups excluding carboxylic acids is 2. The lowest BCUT2D eigenvalue weighted by Crippen LogP contribution is -2.49. The minimum atomic E-state index is -0.401. The molecule has 0 spiro atoms. The summed E-state index contributed by atoms with van der Waals surface area (Å²) in [5, 5.41) is 0. The van der Waals surface area contributed by atoms with Crippen molar-refractivity contribution in [3.63, 3.8) is 0 Å². The molecule has 0 rings (SSSR count). The van der Waals surface area contributed by atoms with Crippen molar-refractivity contribution in [2.45, 2.75) is 46.7 Å². The summed E-state index contributed by atoms with van der Waals surface area (Å²) in [5.74, 6) is -0.103. The monoisotopic (exact) mass is 228 g/mol. The maximum Gasteiger partial charge on any atom is 0.245 e. The normalized spacial score (nSPS) is 12.8. The van der Waals surface area contributed by atoms with Gasteiger partial charge < -0.3 is 9.80 Å². The summed E-state index contributed by atoms with van der Waals surface area (Å²) in [6.45, 7) is 9.34. The van der Waals surface area contributed by atoms with Crippen LogP contribution in [0.3, 0.4) is 0 Å². The molecule has 0 bridgehead atoms. The molecule has 1 unspecified atom stereocenters. The summed E-state index contributed by atoms with van der Waals surface area (Å²) in [6.07, 6.45) is 0. The van der Waals surface area contributed by atoms with E-state index in [-0.39, 0.29) is 23.8 Å². The Bertz CT molecular complexity index is 262. The van der Waals surface area contributed by atoms with Gasteiger partial charge in [0, 0.05) is 26.1 Å². The van der Waals surface area contributed by atoms with Crippen LogP contribution in [0.4, 0.5) is 0 Å². The molecule has 0 aliphatic carbocycles. The number of amides is 2. The largest absolute Gasteiger partial charge is 0.342 e. The van der Waals surface area contributed by atoms with Crippen LogP contribution in [0, 0.1) is 5.92 Å². The molecule has 0 fully saturated rings. The van der Waals surface area contributed by atoms with Crippen molar-refractivity contribution in [3.05, 3.63) is 0 Å². The fourth-order valence-corrected chi connectivity index (χ4v) is 1.31. The first kappa shape index (κ1) is 14.9. The van der Waals surface area contributed by atoms with Gasteiger partial charge in [0.2, 0.25) is 11.8 Å². The fraction of sp³-hybridized carbons (Fsp3) is 0.833. The van der Waals surface area contributed by atoms with E-state index in [9.17, 15) is 9.59 Å². The molecular weight excluding hydrogens is 204 g/mol. The van der Waals surface area contributed by atoms with Gasteiger partial charge in [0.05, 0.1) is 0 Å². The zero-order chi connectivity index (χ0) is 13.0. The van der Waals surface area contributed by atoms with E-state index in [0.717, 1.165) is 0 Å². The van der Waals surface area contributed by atoms with Gasteiger partial charge in [-0.1, -0.05) is 13.8 Å². The maximum atomic E-state index is 12.0. The minimum absolute atomic E-state index is 0.00185. The Morgan fingerprint density at radius 2 is 1.25 bits per heavy atom. The molecule has 1 atom stereocenters. The number of carbonyl (C=O) groups is 2. The van der Waals surface area contributed by atoms with E-state index in [0.29, 0.717) is 0 Å². The van der Waals surface area contributed by atoms with Gasteiger partial charge in [0.1, 0.15) is 6.04 Å². The summed E-state index contributed by atoms with van der Waals surface area (Å²) < 4.78 is 0. The van der Waals surface area contributed by atoms with Crippen molar-refractivity contribution in [2.75, 3.05) is 14.1 Å². The van der Waals surface area contributed by atoms with Gasteiger partial charge in [-0.2, -0.15) is 0 Å². The van der Waals surface area contributed by atoms with Gasteiger partial charge in [-0.25, -0.2) is 0 Å². The predicted molar refractivity (Wildman–Crippen MR) is 65.0 cm³/mol. The summed E-state index contributed by atoms with van der Waals surface area (Å²) in [6, 6.07) is -0.250. The van der Waals surface area contributed by atoms with Crippen molar-refractivity contribution in [3.8, 4) is 0 Å². The number of nitrogens with zero attached hydrogens (tertiary/aromatic N) is 2. The molecule has 0 aliphatic rings. The lowest BCUT2D eigenvalue weighted by molar-refractivity contribution is -0.145. The first-order valence-corrected chi connectivity index (χ1v) is 5.73.